The van der Waals surface area contributed by atoms with Crippen molar-refractivity contribution in [3.8, 4) is 23.0 Å². The van der Waals surface area contributed by atoms with Gasteiger partial charge < -0.3 is 20.4 Å². The number of aliphatic imine (C=N–C) groups is 4. The molecule has 0 heterocycles. The van der Waals surface area contributed by atoms with E-state index in [1.165, 1.54) is 0 Å². The van der Waals surface area contributed by atoms with Crippen LogP contribution < -0.4 is 20.4 Å². The number of para-hydroxylation sites is 4. The number of nitrogens with zero attached hydrogens (tertiary/aromatic N) is 4. The Morgan fingerprint density at radius 2 is 0.446 bits per heavy atom. The average Bonchev–Trinajstić information content (AvgIpc) is 3.39. The van der Waals surface area contributed by atoms with Crippen LogP contribution in [0.3, 0.4) is 0 Å². The van der Waals surface area contributed by atoms with Crippen molar-refractivity contribution in [1.29, 1.82) is 0 Å². The van der Waals surface area contributed by atoms with E-state index < -0.39 is 0 Å². The molecule has 8 aromatic rings. The van der Waals surface area contributed by atoms with Gasteiger partial charge in [-0.05, 0) is 121 Å². The fourth-order valence-electron chi connectivity index (χ4n) is 6.43. The minimum absolute atomic E-state index is 0. The van der Waals surface area contributed by atoms with Crippen LogP contribution in [-0.2, 0) is 34.1 Å². The van der Waals surface area contributed by atoms with Crippen molar-refractivity contribution in [2.75, 3.05) is 0 Å². The van der Waals surface area contributed by atoms with E-state index in [1.807, 2.05) is 149 Å². The van der Waals surface area contributed by atoms with E-state index in [-0.39, 0.29) is 81.3 Å². The summed E-state index contributed by atoms with van der Waals surface area (Å²) in [4.78, 5) is 17.7. The van der Waals surface area contributed by atoms with Gasteiger partial charge in [0, 0.05) is 42.7 Å². The molecule has 0 amide bonds. The fraction of sp³-hybridized carbons (Fsp3) is 0.133. The standard InChI is InChI=1S/4C15H14BrNO.2Cu/c4*1-11(12-6-8-14(16)9-7-12)17-10-13-4-2-3-5-15(13)18;;/h4*2-11,18H,1H3;;/q;;;;2*+2/p-4/t4*11-;;/m1111../s1. The summed E-state index contributed by atoms with van der Waals surface area (Å²) in [7, 11) is 0. The molecule has 8 nitrogen and oxygen atoms in total. The van der Waals surface area contributed by atoms with Crippen molar-refractivity contribution >= 4 is 88.6 Å². The van der Waals surface area contributed by atoms with Crippen LogP contribution in [0.4, 0.5) is 0 Å². The number of rotatable bonds is 12. The zero-order valence-corrected chi connectivity index (χ0v) is 48.9. The summed E-state index contributed by atoms with van der Waals surface area (Å²) in [5.41, 5.74) is 7.00. The second-order valence-electron chi connectivity index (χ2n) is 16.2. The van der Waals surface area contributed by atoms with E-state index in [4.69, 9.17) is 0 Å². The van der Waals surface area contributed by atoms with Gasteiger partial charge in [0.25, 0.3) is 0 Å². The van der Waals surface area contributed by atoms with Gasteiger partial charge in [-0.15, -0.1) is 23.0 Å². The monoisotopic (exact) mass is 1330 g/mol. The molecule has 386 valence electrons. The SMILES string of the molecule is C[C@@H](N=Cc1ccccc1[O-])c1ccc(Br)cc1.C[C@@H](N=Cc1ccccc1[O-])c1ccc(Br)cc1.C[C@@H](N=Cc1ccccc1[O-])c1ccc(Br)cc1.C[C@@H](N=Cc1ccccc1[O-])c1ccc(Br)cc1.[Cu+2].[Cu+2]. The van der Waals surface area contributed by atoms with Crippen molar-refractivity contribution in [3.63, 3.8) is 0 Å². The molecule has 0 bridgehead atoms. The summed E-state index contributed by atoms with van der Waals surface area (Å²) >= 11 is 13.6. The molecule has 14 heteroatoms. The van der Waals surface area contributed by atoms with Gasteiger partial charge in [0.1, 0.15) is 0 Å². The molecule has 4 atom stereocenters. The number of hydrogen-bond donors (Lipinski definition) is 0. The predicted molar refractivity (Wildman–Crippen MR) is 304 cm³/mol. The molecule has 0 saturated carbocycles. The Morgan fingerprint density at radius 3 is 0.608 bits per heavy atom. The van der Waals surface area contributed by atoms with Crippen LogP contribution in [0.25, 0.3) is 0 Å². The Bertz CT molecular complexity index is 2620. The van der Waals surface area contributed by atoms with Crippen molar-refractivity contribution in [2.24, 2.45) is 20.0 Å². The molecule has 0 fully saturated rings. The molecule has 0 unspecified atom stereocenters. The van der Waals surface area contributed by atoms with Gasteiger partial charge in [0.15, 0.2) is 0 Å². The summed E-state index contributed by atoms with van der Waals surface area (Å²) in [6, 6.07) is 59.9. The molecule has 0 aliphatic rings. The topological polar surface area (TPSA) is 142 Å². The quantitative estimate of drug-likeness (QED) is 0.0887. The molecule has 2 radical (unpaired) electrons. The first-order valence-corrected chi connectivity index (χ1v) is 26.0. The zero-order valence-electron chi connectivity index (χ0n) is 40.6. The first-order chi connectivity index (χ1) is 34.7. The van der Waals surface area contributed by atoms with Crippen LogP contribution in [0.15, 0.2) is 232 Å². The Kier molecular flexibility index (Phi) is 28.5. The van der Waals surface area contributed by atoms with Crippen LogP contribution in [0, 0.1) is 0 Å². The van der Waals surface area contributed by atoms with Crippen LogP contribution >= 0.6 is 63.7 Å². The van der Waals surface area contributed by atoms with E-state index in [9.17, 15) is 20.4 Å². The summed E-state index contributed by atoms with van der Waals surface area (Å²) in [5.74, 6) is 0.0158. The maximum atomic E-state index is 11.5. The second kappa shape index (κ2) is 33.5. The first-order valence-electron chi connectivity index (χ1n) is 22.9. The van der Waals surface area contributed by atoms with E-state index in [0.717, 1.165) is 40.1 Å². The normalized spacial score (nSPS) is 12.4. The first kappa shape index (κ1) is 62.9. The van der Waals surface area contributed by atoms with Gasteiger partial charge in [0.2, 0.25) is 0 Å². The maximum absolute atomic E-state index is 11.5. The third-order valence-corrected chi connectivity index (χ3v) is 12.9. The maximum Gasteiger partial charge on any atom is 2.00 e. The number of halogens is 4. The van der Waals surface area contributed by atoms with E-state index in [1.54, 1.807) is 97.7 Å². The molecule has 8 aromatic carbocycles. The van der Waals surface area contributed by atoms with Crippen LogP contribution in [-0.4, -0.2) is 24.9 Å². The third-order valence-electron chi connectivity index (χ3n) is 10.8. The van der Waals surface area contributed by atoms with Crippen molar-refractivity contribution < 1.29 is 54.6 Å². The summed E-state index contributed by atoms with van der Waals surface area (Å²) in [6.07, 6.45) is 6.59. The van der Waals surface area contributed by atoms with Gasteiger partial charge in [-0.3, -0.25) is 20.0 Å². The molecule has 0 N–H and O–H groups in total. The number of hydrogen-bond acceptors (Lipinski definition) is 8. The second-order valence-corrected chi connectivity index (χ2v) is 19.8. The third kappa shape index (κ3) is 21.8. The van der Waals surface area contributed by atoms with Gasteiger partial charge in [-0.25, -0.2) is 0 Å². The Labute approximate surface area is 490 Å². The fourth-order valence-corrected chi connectivity index (χ4v) is 7.48. The molecule has 74 heavy (non-hydrogen) atoms. The Hall–Kier alpha value is -5.40. The van der Waals surface area contributed by atoms with Crippen LogP contribution in [0.2, 0.25) is 0 Å². The number of benzene rings is 8. The largest absolute Gasteiger partial charge is 2.00 e. The van der Waals surface area contributed by atoms with Crippen LogP contribution in [0.1, 0.15) is 96.4 Å². The molecular formula is C60H52Br4Cu2N4O4. The van der Waals surface area contributed by atoms with Crippen molar-refractivity contribution in [2.45, 2.75) is 51.9 Å². The molecule has 0 aliphatic heterocycles. The molecule has 0 spiro atoms. The molecular weight excluding hydrogens is 1290 g/mol. The summed E-state index contributed by atoms with van der Waals surface area (Å²) in [5, 5.41) is 46.1. The summed E-state index contributed by atoms with van der Waals surface area (Å²) in [6.45, 7) is 8.03. The van der Waals surface area contributed by atoms with Crippen molar-refractivity contribution in [1.82, 2.24) is 0 Å². The van der Waals surface area contributed by atoms with E-state index in [2.05, 4.69) is 83.7 Å². The molecule has 8 rings (SSSR count). The molecule has 0 saturated heterocycles. The van der Waals surface area contributed by atoms with Gasteiger partial charge in [0.05, 0.1) is 24.2 Å². The van der Waals surface area contributed by atoms with Gasteiger partial charge >= 0.3 is 34.1 Å². The van der Waals surface area contributed by atoms with Crippen LogP contribution in [0.5, 0.6) is 23.0 Å². The predicted octanol–water partition coefficient (Wildman–Crippen LogP) is 14.8. The summed E-state index contributed by atoms with van der Waals surface area (Å²) < 4.78 is 4.19. The zero-order chi connectivity index (χ0) is 51.8. The van der Waals surface area contributed by atoms with E-state index >= 15 is 0 Å². The van der Waals surface area contributed by atoms with E-state index in [0.29, 0.717) is 22.3 Å². The van der Waals surface area contributed by atoms with Gasteiger partial charge in [-0.2, -0.15) is 0 Å². The molecule has 0 aromatic heterocycles. The molecule has 0 aliphatic carbocycles. The average molecular weight is 1340 g/mol. The van der Waals surface area contributed by atoms with Gasteiger partial charge in [-0.1, -0.05) is 209 Å². The Morgan fingerprint density at radius 1 is 0.284 bits per heavy atom. The minimum Gasteiger partial charge on any atom is -0.872 e. The van der Waals surface area contributed by atoms with Crippen molar-refractivity contribution in [3.05, 3.63) is 257 Å². The Balaban J connectivity index is 0.000000258. The minimum atomic E-state index is 0. The smallest absolute Gasteiger partial charge is 0.872 e.